The summed E-state index contributed by atoms with van der Waals surface area (Å²) in [4.78, 5) is 49.2. The maximum Gasteiger partial charge on any atom is 0.240 e. The van der Waals surface area contributed by atoms with Crippen molar-refractivity contribution in [2.45, 2.75) is 51.0 Å². The molecule has 2 aliphatic rings. The van der Waals surface area contributed by atoms with Gasteiger partial charge >= 0.3 is 0 Å². The van der Waals surface area contributed by atoms with E-state index in [-0.39, 0.29) is 36.5 Å². The van der Waals surface area contributed by atoms with E-state index in [1.165, 1.54) is 0 Å². The SMILES string of the molecule is CC(C)=N/N=C1/NC(=O)[C@@H](CC(=O)Nc2cccc(NC(=O)C[C@H]3S/C(=N\N=C(C)C)NC3=O)c2)S1. The molecule has 1 aromatic carbocycles. The zero-order valence-corrected chi connectivity index (χ0v) is 21.7. The van der Waals surface area contributed by atoms with Crippen LogP contribution in [0.4, 0.5) is 11.4 Å². The predicted molar refractivity (Wildman–Crippen MR) is 144 cm³/mol. The molecule has 3 rings (SSSR count). The number of rotatable bonds is 8. The van der Waals surface area contributed by atoms with Gasteiger partial charge in [-0.15, -0.1) is 10.2 Å². The van der Waals surface area contributed by atoms with Gasteiger partial charge in [-0.3, -0.25) is 19.2 Å². The quantitative estimate of drug-likeness (QED) is 0.297. The van der Waals surface area contributed by atoms with E-state index in [1.54, 1.807) is 52.0 Å². The average molecular weight is 531 g/mol. The van der Waals surface area contributed by atoms with Crippen LogP contribution in [-0.4, -0.2) is 55.9 Å². The molecule has 2 aliphatic heterocycles. The van der Waals surface area contributed by atoms with E-state index in [4.69, 9.17) is 0 Å². The third-order valence-electron chi connectivity index (χ3n) is 4.41. The van der Waals surface area contributed by atoms with Crippen molar-refractivity contribution in [1.82, 2.24) is 10.6 Å². The number of amidine groups is 2. The number of amides is 4. The lowest BCUT2D eigenvalue weighted by Gasteiger charge is -2.11. The molecule has 0 aliphatic carbocycles. The number of thioether (sulfide) groups is 2. The number of carbonyl (C=O) groups excluding carboxylic acids is 4. The summed E-state index contributed by atoms with van der Waals surface area (Å²) in [5, 5.41) is 25.8. The van der Waals surface area contributed by atoms with Crippen LogP contribution >= 0.6 is 23.5 Å². The first-order valence-electron chi connectivity index (χ1n) is 10.9. The third kappa shape index (κ3) is 8.30. The number of carbonyl (C=O) groups is 4. The van der Waals surface area contributed by atoms with Crippen LogP contribution in [-0.2, 0) is 19.2 Å². The number of benzene rings is 1. The number of nitrogens with zero attached hydrogens (tertiary/aromatic N) is 4. The van der Waals surface area contributed by atoms with Gasteiger partial charge in [0.05, 0.1) is 0 Å². The largest absolute Gasteiger partial charge is 0.326 e. The second kappa shape index (κ2) is 12.4. The van der Waals surface area contributed by atoms with Gasteiger partial charge < -0.3 is 21.3 Å². The van der Waals surface area contributed by atoms with E-state index in [1.807, 2.05) is 0 Å². The molecule has 36 heavy (non-hydrogen) atoms. The molecular formula is C22H26N8O4S2. The fourth-order valence-electron chi connectivity index (χ4n) is 2.90. The van der Waals surface area contributed by atoms with Crippen molar-refractivity contribution >= 4 is 80.3 Å². The van der Waals surface area contributed by atoms with Gasteiger partial charge in [0.1, 0.15) is 10.5 Å². The van der Waals surface area contributed by atoms with Gasteiger partial charge in [0.2, 0.25) is 23.6 Å². The van der Waals surface area contributed by atoms with Crippen molar-refractivity contribution in [3.05, 3.63) is 24.3 Å². The summed E-state index contributed by atoms with van der Waals surface area (Å²) < 4.78 is 0. The Bertz CT molecular complexity index is 1100. The van der Waals surface area contributed by atoms with Crippen LogP contribution in [0.5, 0.6) is 0 Å². The average Bonchev–Trinajstić information content (AvgIpc) is 3.32. The van der Waals surface area contributed by atoms with Crippen LogP contribution in [0.15, 0.2) is 44.7 Å². The minimum Gasteiger partial charge on any atom is -0.326 e. The Morgan fingerprint density at radius 2 is 1.22 bits per heavy atom. The van der Waals surface area contributed by atoms with Crippen molar-refractivity contribution in [2.75, 3.05) is 10.6 Å². The molecule has 0 unspecified atom stereocenters. The van der Waals surface area contributed by atoms with Gasteiger partial charge in [-0.1, -0.05) is 29.6 Å². The first-order chi connectivity index (χ1) is 17.1. The maximum atomic E-state index is 12.5. The summed E-state index contributed by atoms with van der Waals surface area (Å²) >= 11 is 2.29. The fraction of sp³-hybridized carbons (Fsp3) is 0.364. The van der Waals surface area contributed by atoms with E-state index in [9.17, 15) is 19.2 Å². The van der Waals surface area contributed by atoms with E-state index in [0.717, 1.165) is 34.9 Å². The Balaban J connectivity index is 1.52. The smallest absolute Gasteiger partial charge is 0.240 e. The van der Waals surface area contributed by atoms with Crippen molar-refractivity contribution in [3.8, 4) is 0 Å². The number of hydrogen-bond acceptors (Lipinski definition) is 10. The zero-order chi connectivity index (χ0) is 26.2. The second-order valence-corrected chi connectivity index (χ2v) is 10.6. The molecular weight excluding hydrogens is 504 g/mol. The Labute approximate surface area is 216 Å². The van der Waals surface area contributed by atoms with Crippen molar-refractivity contribution < 1.29 is 19.2 Å². The van der Waals surface area contributed by atoms with E-state index in [2.05, 4.69) is 41.7 Å². The highest BCUT2D eigenvalue weighted by Crippen LogP contribution is 2.25. The van der Waals surface area contributed by atoms with Crippen molar-refractivity contribution in [3.63, 3.8) is 0 Å². The zero-order valence-electron chi connectivity index (χ0n) is 20.1. The summed E-state index contributed by atoms with van der Waals surface area (Å²) in [5.41, 5.74) is 2.39. The van der Waals surface area contributed by atoms with E-state index in [0.29, 0.717) is 21.7 Å². The third-order valence-corrected chi connectivity index (χ3v) is 6.55. The molecule has 14 heteroatoms. The van der Waals surface area contributed by atoms with E-state index >= 15 is 0 Å². The van der Waals surface area contributed by atoms with Crippen LogP contribution in [0.25, 0.3) is 0 Å². The standard InChI is InChI=1S/C22H26N8O4S2/c1-11(2)27-29-21-25-19(33)15(35-21)9-17(31)23-13-6-5-7-14(8-13)24-18(32)10-16-20(34)26-22(36-16)30-28-12(3)4/h5-8,15-16H,9-10H2,1-4H3,(H,23,31)(H,24,32)(H,25,29,33)(H,26,30,34)/t15-,16-/m1/s1. The van der Waals surface area contributed by atoms with Crippen LogP contribution in [0.1, 0.15) is 40.5 Å². The lowest BCUT2D eigenvalue weighted by molar-refractivity contribution is -0.122. The van der Waals surface area contributed by atoms with Crippen LogP contribution in [0, 0.1) is 0 Å². The van der Waals surface area contributed by atoms with Gasteiger partial charge in [-0.05, 0) is 45.9 Å². The molecule has 0 saturated carbocycles. The normalized spacial score (nSPS) is 21.1. The molecule has 12 nitrogen and oxygen atoms in total. The Kier molecular flexibility index (Phi) is 9.36. The van der Waals surface area contributed by atoms with Crippen LogP contribution in [0.3, 0.4) is 0 Å². The van der Waals surface area contributed by atoms with Crippen LogP contribution < -0.4 is 21.3 Å². The van der Waals surface area contributed by atoms with Gasteiger partial charge in [0.25, 0.3) is 0 Å². The maximum absolute atomic E-state index is 12.5. The second-order valence-electron chi connectivity index (χ2n) is 8.18. The molecule has 0 radical (unpaired) electrons. The summed E-state index contributed by atoms with van der Waals surface area (Å²) in [5.74, 6) is -1.34. The molecule has 2 saturated heterocycles. The van der Waals surface area contributed by atoms with Gasteiger partial charge in [0, 0.05) is 35.6 Å². The van der Waals surface area contributed by atoms with E-state index < -0.39 is 10.5 Å². The molecule has 4 amide bonds. The summed E-state index contributed by atoms with van der Waals surface area (Å²) in [6.45, 7) is 7.14. The molecule has 190 valence electrons. The minimum absolute atomic E-state index is 0.0551. The summed E-state index contributed by atoms with van der Waals surface area (Å²) in [7, 11) is 0. The Hall–Kier alpha value is -3.52. The molecule has 0 aromatic heterocycles. The Morgan fingerprint density at radius 3 is 1.61 bits per heavy atom. The van der Waals surface area contributed by atoms with Gasteiger partial charge in [-0.25, -0.2) is 0 Å². The molecule has 2 atom stereocenters. The van der Waals surface area contributed by atoms with Gasteiger partial charge in [0.15, 0.2) is 10.3 Å². The van der Waals surface area contributed by atoms with Gasteiger partial charge in [-0.2, -0.15) is 10.2 Å². The molecule has 2 heterocycles. The monoisotopic (exact) mass is 530 g/mol. The number of anilines is 2. The molecule has 4 N–H and O–H groups in total. The first kappa shape index (κ1) is 27.1. The molecule has 1 aromatic rings. The lowest BCUT2D eigenvalue weighted by Crippen LogP contribution is -2.28. The summed E-state index contributed by atoms with van der Waals surface area (Å²) in [6, 6.07) is 6.60. The fourth-order valence-corrected chi connectivity index (χ4v) is 4.73. The van der Waals surface area contributed by atoms with Crippen molar-refractivity contribution in [2.24, 2.45) is 20.4 Å². The van der Waals surface area contributed by atoms with Crippen LogP contribution in [0.2, 0.25) is 0 Å². The summed E-state index contributed by atoms with van der Waals surface area (Å²) in [6.07, 6.45) is -0.110. The lowest BCUT2D eigenvalue weighted by atomic mass is 10.2. The molecule has 2 fully saturated rings. The highest BCUT2D eigenvalue weighted by atomic mass is 32.2. The first-order valence-corrected chi connectivity index (χ1v) is 12.7. The highest BCUT2D eigenvalue weighted by Gasteiger charge is 2.33. The predicted octanol–water partition coefficient (Wildman–Crippen LogP) is 2.31. The number of hydrogen-bond donors (Lipinski definition) is 4. The highest BCUT2D eigenvalue weighted by molar-refractivity contribution is 8.16. The van der Waals surface area contributed by atoms with Crippen molar-refractivity contribution in [1.29, 1.82) is 0 Å². The Morgan fingerprint density at radius 1 is 0.806 bits per heavy atom. The molecule has 0 bridgehead atoms. The molecule has 0 spiro atoms. The number of nitrogens with one attached hydrogen (secondary N) is 4. The topological polar surface area (TPSA) is 166 Å². The minimum atomic E-state index is -0.616.